The predicted octanol–water partition coefficient (Wildman–Crippen LogP) is 4.23. The Kier molecular flexibility index (Phi) is 3.35. The largest absolute Gasteiger partial charge is 0.326 e. The lowest BCUT2D eigenvalue weighted by molar-refractivity contribution is -0.114. The molecule has 28 heavy (non-hydrogen) atoms. The van der Waals surface area contributed by atoms with Gasteiger partial charge in [0.25, 0.3) is 5.78 Å². The first kappa shape index (κ1) is 17.3. The summed E-state index contributed by atoms with van der Waals surface area (Å²) in [5.41, 5.74) is 6.42. The Balaban J connectivity index is 1.64. The highest BCUT2D eigenvalue weighted by molar-refractivity contribution is 5.90. The second kappa shape index (κ2) is 5.40. The number of carbonyl (C=O) groups is 1. The molecule has 2 aliphatic rings. The summed E-state index contributed by atoms with van der Waals surface area (Å²) < 4.78 is 2.16. The average Bonchev–Trinajstić information content (AvgIpc) is 3.20. The van der Waals surface area contributed by atoms with Gasteiger partial charge in [0, 0.05) is 35.7 Å². The number of aryl methyl sites for hydroxylation is 1. The van der Waals surface area contributed by atoms with Crippen LogP contribution in [0.5, 0.6) is 0 Å². The van der Waals surface area contributed by atoms with E-state index in [-0.39, 0.29) is 16.7 Å². The van der Waals surface area contributed by atoms with Gasteiger partial charge in [-0.05, 0) is 42.9 Å². The number of anilines is 1. The van der Waals surface area contributed by atoms with Crippen LogP contribution < -0.4 is 5.32 Å². The molecule has 0 saturated heterocycles. The Bertz CT molecular complexity index is 1150. The average molecular weight is 375 g/mol. The summed E-state index contributed by atoms with van der Waals surface area (Å²) in [6.45, 7) is 10.6. The van der Waals surface area contributed by atoms with Gasteiger partial charge in [0.2, 0.25) is 5.91 Å². The quantitative estimate of drug-likeness (QED) is 0.727. The lowest BCUT2D eigenvalue weighted by Gasteiger charge is -2.34. The lowest BCUT2D eigenvalue weighted by Crippen LogP contribution is -2.32. The van der Waals surface area contributed by atoms with E-state index in [1.807, 2.05) is 19.1 Å². The number of hydrogen-bond acceptors (Lipinski definition) is 4. The Labute approximate surface area is 164 Å². The van der Waals surface area contributed by atoms with Gasteiger partial charge in [-0.3, -0.25) is 9.20 Å². The van der Waals surface area contributed by atoms with Crippen molar-refractivity contribution < 1.29 is 4.79 Å². The van der Waals surface area contributed by atoms with E-state index in [4.69, 9.17) is 4.98 Å². The molecule has 0 radical (unpaired) electrons. The first-order chi connectivity index (χ1) is 13.2. The van der Waals surface area contributed by atoms with Gasteiger partial charge in [0.15, 0.2) is 0 Å². The summed E-state index contributed by atoms with van der Waals surface area (Å²) >= 11 is 0. The van der Waals surface area contributed by atoms with Gasteiger partial charge in [-0.1, -0.05) is 26.8 Å². The van der Waals surface area contributed by atoms with Gasteiger partial charge in [-0.25, -0.2) is 4.98 Å². The van der Waals surface area contributed by atoms with Gasteiger partial charge in [0.1, 0.15) is 0 Å². The number of nitrogens with one attached hydrogen (secondary N) is 1. The second-order valence-electron chi connectivity index (χ2n) is 9.09. The number of fused-ring (bicyclic) bond motifs is 7. The number of benzene rings is 1. The van der Waals surface area contributed by atoms with Crippen LogP contribution in [0.15, 0.2) is 24.4 Å². The molecule has 6 heteroatoms. The lowest BCUT2D eigenvalue weighted by atomic mass is 9.70. The Morgan fingerprint density at radius 3 is 2.75 bits per heavy atom. The molecule has 2 unspecified atom stereocenters. The van der Waals surface area contributed by atoms with Crippen molar-refractivity contribution in [2.75, 3.05) is 5.32 Å². The highest BCUT2D eigenvalue weighted by atomic mass is 16.1. The van der Waals surface area contributed by atoms with Gasteiger partial charge in [0.05, 0.1) is 17.1 Å². The number of carbonyl (C=O) groups excluding carboxylic acids is 1. The van der Waals surface area contributed by atoms with Crippen molar-refractivity contribution in [3.8, 4) is 11.3 Å². The van der Waals surface area contributed by atoms with E-state index in [1.54, 1.807) is 0 Å². The predicted molar refractivity (Wildman–Crippen MR) is 108 cm³/mol. The van der Waals surface area contributed by atoms with Crippen LogP contribution in [0.3, 0.4) is 0 Å². The molecule has 2 bridgehead atoms. The van der Waals surface area contributed by atoms with E-state index in [1.165, 1.54) is 25.5 Å². The first-order valence-corrected chi connectivity index (χ1v) is 9.87. The van der Waals surface area contributed by atoms with Gasteiger partial charge < -0.3 is 5.32 Å². The molecular weight excluding hydrogens is 350 g/mol. The molecule has 0 spiro atoms. The molecule has 2 aromatic heterocycles. The second-order valence-corrected chi connectivity index (χ2v) is 9.09. The van der Waals surface area contributed by atoms with E-state index in [2.05, 4.69) is 52.9 Å². The zero-order valence-electron chi connectivity index (χ0n) is 17.0. The highest BCUT2D eigenvalue weighted by Gasteiger charge is 2.61. The number of amides is 1. The fourth-order valence-corrected chi connectivity index (χ4v) is 5.35. The summed E-state index contributed by atoms with van der Waals surface area (Å²) in [6, 6.07) is 5.97. The maximum atomic E-state index is 11.3. The molecule has 6 nitrogen and oxygen atoms in total. The monoisotopic (exact) mass is 375 g/mol. The third-order valence-electron chi connectivity index (χ3n) is 7.33. The number of hydrogen-bond donors (Lipinski definition) is 1. The zero-order chi connectivity index (χ0) is 19.8. The fourth-order valence-electron chi connectivity index (χ4n) is 5.35. The molecule has 2 atom stereocenters. The van der Waals surface area contributed by atoms with Crippen molar-refractivity contribution in [1.82, 2.24) is 19.6 Å². The van der Waals surface area contributed by atoms with E-state index in [9.17, 15) is 4.79 Å². The molecule has 2 aliphatic carbocycles. The van der Waals surface area contributed by atoms with Crippen LogP contribution in [0, 0.1) is 12.3 Å². The van der Waals surface area contributed by atoms with Gasteiger partial charge in [-0.15, -0.1) is 10.2 Å². The molecule has 1 N–H and O–H groups in total. The van der Waals surface area contributed by atoms with Crippen molar-refractivity contribution in [3.05, 3.63) is 41.3 Å². The van der Waals surface area contributed by atoms with E-state index < -0.39 is 0 Å². The first-order valence-electron chi connectivity index (χ1n) is 9.87. The van der Waals surface area contributed by atoms with Crippen LogP contribution in [0.25, 0.3) is 17.0 Å². The minimum absolute atomic E-state index is 0.0691. The summed E-state index contributed by atoms with van der Waals surface area (Å²) in [6.07, 6.45) is 4.45. The fraction of sp³-hybridized carbons (Fsp3) is 0.455. The van der Waals surface area contributed by atoms with Crippen molar-refractivity contribution in [3.63, 3.8) is 0 Å². The van der Waals surface area contributed by atoms with Crippen molar-refractivity contribution in [1.29, 1.82) is 0 Å². The Hall–Kier alpha value is -2.76. The SMILES string of the molecule is CC(=O)Nc1ccc(-c2cn3c4c(nnc3n2)C2CCC4(C)C2(C)C)cc1C. The molecule has 3 aromatic rings. The number of nitrogens with zero attached hydrogens (tertiary/aromatic N) is 4. The third-order valence-corrected chi connectivity index (χ3v) is 7.33. The van der Waals surface area contributed by atoms with E-state index in [0.29, 0.717) is 11.7 Å². The van der Waals surface area contributed by atoms with Crippen LogP contribution in [-0.2, 0) is 10.2 Å². The maximum Gasteiger partial charge on any atom is 0.254 e. The smallest absolute Gasteiger partial charge is 0.254 e. The standard InChI is InChI=1S/C22H25N5O/c1-12-10-14(6-7-16(12)23-13(2)28)17-11-27-19-18(25-26-20(27)24-17)15-8-9-22(19,5)21(15,3)4/h6-7,10-11,15H,8-9H2,1-5H3,(H,23,28). The third kappa shape index (κ3) is 2.09. The zero-order valence-corrected chi connectivity index (χ0v) is 17.0. The highest BCUT2D eigenvalue weighted by Crippen LogP contribution is 2.66. The summed E-state index contributed by atoms with van der Waals surface area (Å²) in [7, 11) is 0. The van der Waals surface area contributed by atoms with Crippen LogP contribution in [0.4, 0.5) is 5.69 Å². The molecular formula is C22H25N5O. The van der Waals surface area contributed by atoms with Crippen molar-refractivity contribution in [2.24, 2.45) is 5.41 Å². The molecule has 0 aliphatic heterocycles. The van der Waals surface area contributed by atoms with Crippen molar-refractivity contribution >= 4 is 17.4 Å². The Morgan fingerprint density at radius 1 is 1.25 bits per heavy atom. The number of rotatable bonds is 2. The number of aromatic nitrogens is 4. The molecule has 144 valence electrons. The summed E-state index contributed by atoms with van der Waals surface area (Å²) in [4.78, 5) is 16.1. The summed E-state index contributed by atoms with van der Waals surface area (Å²) in [5, 5.41) is 11.9. The maximum absolute atomic E-state index is 11.3. The molecule has 1 saturated carbocycles. The van der Waals surface area contributed by atoms with E-state index in [0.717, 1.165) is 28.2 Å². The van der Waals surface area contributed by atoms with Crippen LogP contribution in [0.2, 0.25) is 0 Å². The molecule has 2 heterocycles. The van der Waals surface area contributed by atoms with Crippen molar-refractivity contribution in [2.45, 2.75) is 58.8 Å². The molecule has 1 fully saturated rings. The molecule has 5 rings (SSSR count). The molecule has 1 amide bonds. The normalized spacial score (nSPS) is 24.5. The van der Waals surface area contributed by atoms with Crippen LogP contribution in [0.1, 0.15) is 63.4 Å². The minimum atomic E-state index is -0.0691. The molecule has 1 aromatic carbocycles. The topological polar surface area (TPSA) is 72.2 Å². The van der Waals surface area contributed by atoms with Crippen LogP contribution >= 0.6 is 0 Å². The van der Waals surface area contributed by atoms with Gasteiger partial charge in [-0.2, -0.15) is 0 Å². The Morgan fingerprint density at radius 2 is 2.04 bits per heavy atom. The summed E-state index contributed by atoms with van der Waals surface area (Å²) in [5.74, 6) is 1.05. The van der Waals surface area contributed by atoms with Crippen LogP contribution in [-0.4, -0.2) is 25.5 Å². The van der Waals surface area contributed by atoms with Gasteiger partial charge >= 0.3 is 0 Å². The van der Waals surface area contributed by atoms with E-state index >= 15 is 0 Å². The number of imidazole rings is 1. The minimum Gasteiger partial charge on any atom is -0.326 e.